The fourth-order valence-corrected chi connectivity index (χ4v) is 0.834. The summed E-state index contributed by atoms with van der Waals surface area (Å²) in [5.74, 6) is 0.341. The van der Waals surface area contributed by atoms with Gasteiger partial charge in [-0.15, -0.1) is 0 Å². The van der Waals surface area contributed by atoms with Crippen molar-refractivity contribution in [1.29, 1.82) is 0 Å². The van der Waals surface area contributed by atoms with E-state index in [0.29, 0.717) is 19.1 Å². The summed E-state index contributed by atoms with van der Waals surface area (Å²) in [6, 6.07) is 0. The molecule has 1 unspecified atom stereocenters. The highest BCUT2D eigenvalue weighted by Gasteiger charge is 2.25. The summed E-state index contributed by atoms with van der Waals surface area (Å²) in [4.78, 5) is 0. The van der Waals surface area contributed by atoms with Crippen LogP contribution in [0, 0.1) is 5.92 Å². The van der Waals surface area contributed by atoms with E-state index in [9.17, 15) is 0 Å². The zero-order valence-corrected chi connectivity index (χ0v) is 10.1. The van der Waals surface area contributed by atoms with Crippen LogP contribution in [-0.2, 0) is 4.74 Å². The Morgan fingerprint density at radius 2 is 1.86 bits per heavy atom. The molecule has 0 saturated heterocycles. The molecule has 3 nitrogen and oxygen atoms in total. The number of rotatable bonds is 5. The summed E-state index contributed by atoms with van der Waals surface area (Å²) in [7, 11) is 0. The van der Waals surface area contributed by atoms with Gasteiger partial charge in [-0.25, -0.2) is 0 Å². The molecule has 0 bridgehead atoms. The van der Waals surface area contributed by atoms with Crippen LogP contribution in [0.25, 0.3) is 0 Å². The topological polar surface area (TPSA) is 61.3 Å². The normalized spacial score (nSPS) is 16.4. The van der Waals surface area contributed by atoms with Crippen molar-refractivity contribution in [3.8, 4) is 0 Å². The fraction of sp³-hybridized carbons (Fsp3) is 0.818. The van der Waals surface area contributed by atoms with E-state index in [1.807, 2.05) is 13.8 Å². The smallest absolute Gasteiger partial charge is 0.0700 e. The van der Waals surface area contributed by atoms with Crippen LogP contribution in [0.3, 0.4) is 0 Å². The van der Waals surface area contributed by atoms with Crippen molar-refractivity contribution < 1.29 is 4.74 Å². The van der Waals surface area contributed by atoms with Crippen molar-refractivity contribution in [2.24, 2.45) is 17.4 Å². The first-order valence-electron chi connectivity index (χ1n) is 5.07. The van der Waals surface area contributed by atoms with Crippen molar-refractivity contribution in [3.63, 3.8) is 0 Å². The Kier molecular flexibility index (Phi) is 5.16. The second-order valence-corrected chi connectivity index (χ2v) is 4.49. The third kappa shape index (κ3) is 4.11. The molecule has 0 rings (SSSR count). The molecule has 84 valence electrons. The van der Waals surface area contributed by atoms with Gasteiger partial charge in [0.05, 0.1) is 12.2 Å². The van der Waals surface area contributed by atoms with E-state index in [-0.39, 0.29) is 5.60 Å². The minimum absolute atomic E-state index is 0.189. The van der Waals surface area contributed by atoms with Gasteiger partial charge in [-0.2, -0.15) is 0 Å². The van der Waals surface area contributed by atoms with E-state index >= 15 is 0 Å². The third-order valence-electron chi connectivity index (χ3n) is 2.87. The average Bonchev–Trinajstić information content (AvgIpc) is 2.12. The van der Waals surface area contributed by atoms with Gasteiger partial charge in [0.2, 0.25) is 0 Å². The molecule has 0 fully saturated rings. The van der Waals surface area contributed by atoms with E-state index in [4.69, 9.17) is 16.2 Å². The highest BCUT2D eigenvalue weighted by molar-refractivity contribution is 5.06. The zero-order valence-electron chi connectivity index (χ0n) is 10.1. The number of allylic oxidation sites excluding steroid dienone is 1. The van der Waals surface area contributed by atoms with E-state index in [1.54, 1.807) is 0 Å². The lowest BCUT2D eigenvalue weighted by atomic mass is 9.93. The predicted molar refractivity (Wildman–Crippen MR) is 60.8 cm³/mol. The highest BCUT2D eigenvalue weighted by Crippen LogP contribution is 2.20. The molecule has 3 heteroatoms. The quantitative estimate of drug-likeness (QED) is 0.709. The van der Waals surface area contributed by atoms with Gasteiger partial charge in [-0.3, -0.25) is 0 Å². The summed E-state index contributed by atoms with van der Waals surface area (Å²) in [6.07, 6.45) is 0. The SMILES string of the molecule is C/C(N)=C(/C)COC(C)(C)C(C)CN. The van der Waals surface area contributed by atoms with Gasteiger partial charge in [-0.1, -0.05) is 6.92 Å². The molecule has 1 atom stereocenters. The van der Waals surface area contributed by atoms with Crippen LogP contribution in [0.5, 0.6) is 0 Å². The minimum Gasteiger partial charge on any atom is -0.402 e. The first kappa shape index (κ1) is 13.5. The van der Waals surface area contributed by atoms with Crippen LogP contribution in [0.2, 0.25) is 0 Å². The van der Waals surface area contributed by atoms with E-state index in [1.165, 1.54) is 0 Å². The first-order valence-corrected chi connectivity index (χ1v) is 5.07. The molecule has 14 heavy (non-hydrogen) atoms. The number of ether oxygens (including phenoxy) is 1. The largest absolute Gasteiger partial charge is 0.402 e. The number of nitrogens with two attached hydrogens (primary N) is 2. The standard InChI is InChI=1S/C11H24N2O/c1-8(10(3)13)7-14-11(4,5)9(2)6-12/h9H,6-7,12-13H2,1-5H3/b10-8+. The third-order valence-corrected chi connectivity index (χ3v) is 2.87. The molecular weight excluding hydrogens is 176 g/mol. The maximum absolute atomic E-state index is 5.79. The van der Waals surface area contributed by atoms with Crippen LogP contribution < -0.4 is 11.5 Å². The van der Waals surface area contributed by atoms with Gasteiger partial charge in [0.15, 0.2) is 0 Å². The van der Waals surface area contributed by atoms with Crippen LogP contribution in [0.1, 0.15) is 34.6 Å². The number of hydrogen-bond acceptors (Lipinski definition) is 3. The molecule has 0 aromatic heterocycles. The summed E-state index contributed by atoms with van der Waals surface area (Å²) in [6.45, 7) is 11.3. The van der Waals surface area contributed by atoms with Gasteiger partial charge in [0, 0.05) is 5.70 Å². The monoisotopic (exact) mass is 200 g/mol. The lowest BCUT2D eigenvalue weighted by Crippen LogP contribution is -2.37. The molecule has 0 heterocycles. The van der Waals surface area contributed by atoms with Crippen LogP contribution >= 0.6 is 0 Å². The molecular formula is C11H24N2O. The Bertz CT molecular complexity index is 205. The molecule has 0 radical (unpaired) electrons. The molecule has 0 aliphatic heterocycles. The van der Waals surface area contributed by atoms with E-state index < -0.39 is 0 Å². The van der Waals surface area contributed by atoms with E-state index in [0.717, 1.165) is 11.3 Å². The van der Waals surface area contributed by atoms with Crippen molar-refractivity contribution >= 4 is 0 Å². The number of hydrogen-bond donors (Lipinski definition) is 2. The second kappa shape index (κ2) is 5.37. The summed E-state index contributed by atoms with van der Waals surface area (Å²) in [5.41, 5.74) is 13.0. The van der Waals surface area contributed by atoms with Crippen molar-refractivity contribution in [3.05, 3.63) is 11.3 Å². The lowest BCUT2D eigenvalue weighted by Gasteiger charge is -2.31. The van der Waals surface area contributed by atoms with Crippen molar-refractivity contribution in [2.45, 2.75) is 40.2 Å². The van der Waals surface area contributed by atoms with Gasteiger partial charge in [-0.05, 0) is 45.7 Å². The van der Waals surface area contributed by atoms with Crippen LogP contribution in [-0.4, -0.2) is 18.8 Å². The maximum atomic E-state index is 5.79. The molecule has 0 amide bonds. The van der Waals surface area contributed by atoms with Crippen molar-refractivity contribution in [1.82, 2.24) is 0 Å². The summed E-state index contributed by atoms with van der Waals surface area (Å²) < 4.78 is 5.79. The lowest BCUT2D eigenvalue weighted by molar-refractivity contribution is -0.0418. The molecule has 0 spiro atoms. The Morgan fingerprint density at radius 1 is 1.36 bits per heavy atom. The molecule has 0 aromatic rings. The zero-order chi connectivity index (χ0) is 11.4. The van der Waals surface area contributed by atoms with Crippen LogP contribution in [0.4, 0.5) is 0 Å². The molecule has 0 aliphatic carbocycles. The Labute approximate surface area is 87.5 Å². The molecule has 0 aliphatic rings. The van der Waals surface area contributed by atoms with Gasteiger partial charge in [0.25, 0.3) is 0 Å². The Balaban J connectivity index is 4.19. The minimum atomic E-state index is -0.189. The predicted octanol–water partition coefficient (Wildman–Crippen LogP) is 1.63. The Morgan fingerprint density at radius 3 is 2.21 bits per heavy atom. The van der Waals surface area contributed by atoms with Gasteiger partial charge < -0.3 is 16.2 Å². The molecule has 0 saturated carbocycles. The maximum Gasteiger partial charge on any atom is 0.0700 e. The summed E-state index contributed by atoms with van der Waals surface area (Å²) in [5, 5.41) is 0. The average molecular weight is 200 g/mol. The van der Waals surface area contributed by atoms with Crippen molar-refractivity contribution in [2.75, 3.05) is 13.2 Å². The Hall–Kier alpha value is -0.540. The molecule has 0 aromatic carbocycles. The van der Waals surface area contributed by atoms with Gasteiger partial charge in [0.1, 0.15) is 0 Å². The first-order chi connectivity index (χ1) is 6.31. The highest BCUT2D eigenvalue weighted by atomic mass is 16.5. The second-order valence-electron chi connectivity index (χ2n) is 4.49. The van der Waals surface area contributed by atoms with E-state index in [2.05, 4.69) is 20.8 Å². The van der Waals surface area contributed by atoms with Gasteiger partial charge >= 0.3 is 0 Å². The summed E-state index contributed by atoms with van der Waals surface area (Å²) >= 11 is 0. The van der Waals surface area contributed by atoms with Crippen LogP contribution in [0.15, 0.2) is 11.3 Å². The fourth-order valence-electron chi connectivity index (χ4n) is 0.834. The molecule has 4 N–H and O–H groups in total.